The Kier molecular flexibility index (Phi) is 7.14. The lowest BCUT2D eigenvalue weighted by Gasteiger charge is -2.42. The first kappa shape index (κ1) is 20.9. The van der Waals surface area contributed by atoms with Gasteiger partial charge in [-0.1, -0.05) is 5.16 Å². The van der Waals surface area contributed by atoms with E-state index >= 15 is 0 Å². The fourth-order valence-electron chi connectivity index (χ4n) is 4.01. The smallest absolute Gasteiger partial charge is 0.237 e. The summed E-state index contributed by atoms with van der Waals surface area (Å²) in [6.07, 6.45) is 3.37. The number of ether oxygens (including phenoxy) is 2. The van der Waals surface area contributed by atoms with Crippen LogP contribution in [0.15, 0.2) is 4.52 Å². The number of hydrogen-bond acceptors (Lipinski definition) is 8. The third-order valence-electron chi connectivity index (χ3n) is 5.56. The van der Waals surface area contributed by atoms with Crippen LogP contribution in [0.4, 0.5) is 0 Å². The fraction of sp³-hybridized carbons (Fsp3) is 0.789. The van der Waals surface area contributed by atoms with E-state index in [2.05, 4.69) is 15.5 Å². The number of piperidine rings is 1. The minimum atomic E-state index is -0.392. The molecule has 9 nitrogen and oxygen atoms in total. The summed E-state index contributed by atoms with van der Waals surface area (Å²) in [5, 5.41) is 24.3. The number of hydrogen-bond donors (Lipinski definition) is 3. The van der Waals surface area contributed by atoms with Crippen molar-refractivity contribution < 1.29 is 14.0 Å². The molecule has 3 atom stereocenters. The molecule has 0 spiro atoms. The maximum atomic E-state index is 8.77. The summed E-state index contributed by atoms with van der Waals surface area (Å²) in [5.41, 5.74) is 0.491. The maximum absolute atomic E-state index is 8.77. The quantitative estimate of drug-likeness (QED) is 0.477. The molecule has 3 N–H and O–H groups in total. The largest absolute Gasteiger partial charge is 0.381 e. The van der Waals surface area contributed by atoms with Gasteiger partial charge in [0.2, 0.25) is 5.89 Å². The molecule has 9 heteroatoms. The molecule has 156 valence electrons. The molecule has 2 saturated heterocycles. The number of nitrogens with zero attached hydrogens (tertiary/aromatic N) is 3. The standard InChI is InChI=1S/C19H32N6O3/c1-12(20)10-15(19-22-13(2)24-28-19)18(21)25-7-4-16(17(11-25)26-3)23-14-5-8-27-9-6-14/h14-17,20-21,23H,4-11H2,1-3H3. The van der Waals surface area contributed by atoms with Crippen LogP contribution in [0.25, 0.3) is 0 Å². The first-order chi connectivity index (χ1) is 13.5. The SMILES string of the molecule is COC1CN(C(=N)C(CC(C)=N)c2nc(C)no2)CCC1NC1CCOCC1. The molecule has 0 radical (unpaired) electrons. The highest BCUT2D eigenvalue weighted by atomic mass is 16.5. The van der Waals surface area contributed by atoms with Crippen molar-refractivity contribution in [2.24, 2.45) is 0 Å². The zero-order valence-electron chi connectivity index (χ0n) is 17.0. The van der Waals surface area contributed by atoms with Crippen LogP contribution in [0.1, 0.15) is 50.2 Å². The molecule has 1 aromatic rings. The summed E-state index contributed by atoms with van der Waals surface area (Å²) in [6.45, 7) is 6.53. The van der Waals surface area contributed by atoms with E-state index in [1.165, 1.54) is 0 Å². The molecule has 0 saturated carbocycles. The second-order valence-corrected chi connectivity index (χ2v) is 7.77. The van der Waals surface area contributed by atoms with E-state index in [0.29, 0.717) is 42.3 Å². The monoisotopic (exact) mass is 392 g/mol. The minimum Gasteiger partial charge on any atom is -0.381 e. The minimum absolute atomic E-state index is 0.00287. The van der Waals surface area contributed by atoms with Gasteiger partial charge in [0.1, 0.15) is 11.8 Å². The average molecular weight is 393 g/mol. The van der Waals surface area contributed by atoms with Crippen LogP contribution >= 0.6 is 0 Å². The topological polar surface area (TPSA) is 120 Å². The van der Waals surface area contributed by atoms with Crippen molar-refractivity contribution in [3.63, 3.8) is 0 Å². The normalized spacial score (nSPS) is 24.9. The lowest BCUT2D eigenvalue weighted by molar-refractivity contribution is 0.0104. The first-order valence-electron chi connectivity index (χ1n) is 10.0. The van der Waals surface area contributed by atoms with Crippen molar-refractivity contribution in [1.82, 2.24) is 20.4 Å². The summed E-state index contributed by atoms with van der Waals surface area (Å²) in [7, 11) is 1.73. The molecular formula is C19H32N6O3. The van der Waals surface area contributed by atoms with E-state index < -0.39 is 5.92 Å². The summed E-state index contributed by atoms with van der Waals surface area (Å²) in [6, 6.07) is 0.739. The van der Waals surface area contributed by atoms with E-state index in [-0.39, 0.29) is 12.1 Å². The summed E-state index contributed by atoms with van der Waals surface area (Å²) in [5.74, 6) is 0.980. The predicted molar refractivity (Wildman–Crippen MR) is 105 cm³/mol. The van der Waals surface area contributed by atoms with Gasteiger partial charge in [-0.25, -0.2) is 0 Å². The molecule has 0 aliphatic carbocycles. The lowest BCUT2D eigenvalue weighted by atomic mass is 9.95. The molecular weight excluding hydrogens is 360 g/mol. The van der Waals surface area contributed by atoms with Crippen molar-refractivity contribution in [2.45, 2.75) is 63.6 Å². The Morgan fingerprint density at radius 3 is 2.68 bits per heavy atom. The molecule has 28 heavy (non-hydrogen) atoms. The molecule has 3 rings (SSSR count). The van der Waals surface area contributed by atoms with E-state index in [1.807, 2.05) is 4.90 Å². The van der Waals surface area contributed by atoms with Crippen LogP contribution in [0, 0.1) is 17.7 Å². The van der Waals surface area contributed by atoms with Crippen LogP contribution in [-0.4, -0.2) is 78.2 Å². The van der Waals surface area contributed by atoms with Crippen LogP contribution in [0.3, 0.4) is 0 Å². The third-order valence-corrected chi connectivity index (χ3v) is 5.56. The van der Waals surface area contributed by atoms with Gasteiger partial charge in [0.25, 0.3) is 0 Å². The van der Waals surface area contributed by atoms with Crippen LogP contribution in [0.5, 0.6) is 0 Å². The molecule has 3 heterocycles. The average Bonchev–Trinajstić information content (AvgIpc) is 3.12. The van der Waals surface area contributed by atoms with Gasteiger partial charge in [0.05, 0.1) is 6.10 Å². The summed E-state index contributed by atoms with van der Waals surface area (Å²) >= 11 is 0. The molecule has 2 fully saturated rings. The Balaban J connectivity index is 1.65. The van der Waals surface area contributed by atoms with Gasteiger partial charge < -0.3 is 29.6 Å². The highest BCUT2D eigenvalue weighted by Crippen LogP contribution is 2.25. The third kappa shape index (κ3) is 5.15. The number of amidine groups is 1. The molecule has 0 bridgehead atoms. The van der Waals surface area contributed by atoms with Crippen molar-refractivity contribution in [1.29, 1.82) is 10.8 Å². The maximum Gasteiger partial charge on any atom is 0.237 e. The van der Waals surface area contributed by atoms with Crippen molar-refractivity contribution in [3.8, 4) is 0 Å². The van der Waals surface area contributed by atoms with Crippen molar-refractivity contribution >= 4 is 11.5 Å². The van der Waals surface area contributed by atoms with Gasteiger partial charge in [-0.3, -0.25) is 5.41 Å². The Labute approximate surface area is 166 Å². The zero-order chi connectivity index (χ0) is 20.1. The van der Waals surface area contributed by atoms with Crippen molar-refractivity contribution in [3.05, 3.63) is 11.7 Å². The lowest BCUT2D eigenvalue weighted by Crippen LogP contribution is -2.57. The number of aryl methyl sites for hydroxylation is 1. The first-order valence-corrected chi connectivity index (χ1v) is 10.0. The van der Waals surface area contributed by atoms with Gasteiger partial charge in [0.15, 0.2) is 5.82 Å². The number of nitrogens with one attached hydrogen (secondary N) is 3. The van der Waals surface area contributed by atoms with Crippen LogP contribution in [-0.2, 0) is 9.47 Å². The number of aromatic nitrogens is 2. The fourth-order valence-corrected chi connectivity index (χ4v) is 4.01. The van der Waals surface area contributed by atoms with Gasteiger partial charge >= 0.3 is 0 Å². The Bertz CT molecular complexity index is 672. The van der Waals surface area contributed by atoms with Gasteiger partial charge in [0, 0.05) is 57.6 Å². The second kappa shape index (κ2) is 9.58. The zero-order valence-corrected chi connectivity index (χ0v) is 17.0. The van der Waals surface area contributed by atoms with E-state index in [4.69, 9.17) is 24.8 Å². The molecule has 2 aliphatic rings. The van der Waals surface area contributed by atoms with E-state index in [9.17, 15) is 0 Å². The van der Waals surface area contributed by atoms with Crippen LogP contribution in [0.2, 0.25) is 0 Å². The Morgan fingerprint density at radius 2 is 2.07 bits per heavy atom. The summed E-state index contributed by atoms with van der Waals surface area (Å²) < 4.78 is 16.6. The van der Waals surface area contributed by atoms with Gasteiger partial charge in [-0.2, -0.15) is 4.98 Å². The Hall–Kier alpha value is -1.84. The Morgan fingerprint density at radius 1 is 1.32 bits per heavy atom. The van der Waals surface area contributed by atoms with Gasteiger partial charge in [-0.05, 0) is 33.1 Å². The van der Waals surface area contributed by atoms with Crippen LogP contribution < -0.4 is 5.32 Å². The highest BCUT2D eigenvalue weighted by Gasteiger charge is 2.35. The van der Waals surface area contributed by atoms with E-state index in [1.54, 1.807) is 21.0 Å². The predicted octanol–water partition coefficient (Wildman–Crippen LogP) is 1.73. The summed E-state index contributed by atoms with van der Waals surface area (Å²) in [4.78, 5) is 6.35. The van der Waals surface area contributed by atoms with Gasteiger partial charge in [-0.15, -0.1) is 0 Å². The number of rotatable bonds is 7. The number of likely N-dealkylation sites (tertiary alicyclic amines) is 1. The van der Waals surface area contributed by atoms with Crippen molar-refractivity contribution in [2.75, 3.05) is 33.4 Å². The highest BCUT2D eigenvalue weighted by molar-refractivity contribution is 5.91. The second-order valence-electron chi connectivity index (χ2n) is 7.77. The molecule has 0 aromatic carbocycles. The number of methoxy groups -OCH3 is 1. The van der Waals surface area contributed by atoms with E-state index in [0.717, 1.165) is 39.0 Å². The molecule has 2 aliphatic heterocycles. The molecule has 3 unspecified atom stereocenters. The molecule has 0 amide bonds. The molecule has 1 aromatic heterocycles.